The van der Waals surface area contributed by atoms with Gasteiger partial charge in [0.1, 0.15) is 11.4 Å². The molecule has 21 heavy (non-hydrogen) atoms. The minimum atomic E-state index is -0.119. The van der Waals surface area contributed by atoms with Gasteiger partial charge in [0.2, 0.25) is 0 Å². The quantitative estimate of drug-likeness (QED) is 0.872. The molecule has 0 aromatic heterocycles. The number of fused-ring (bicyclic) bond motifs is 1. The van der Waals surface area contributed by atoms with Gasteiger partial charge in [-0.3, -0.25) is 0 Å². The number of rotatable bonds is 5. The first-order valence-corrected chi connectivity index (χ1v) is 7.95. The van der Waals surface area contributed by atoms with Gasteiger partial charge >= 0.3 is 0 Å². The van der Waals surface area contributed by atoms with Crippen molar-refractivity contribution in [3.05, 3.63) is 29.3 Å². The van der Waals surface area contributed by atoms with Crippen molar-refractivity contribution in [2.45, 2.75) is 50.9 Å². The summed E-state index contributed by atoms with van der Waals surface area (Å²) in [6.45, 7) is 6.57. The smallest absolute Gasteiger partial charge is 0.128 e. The molecule has 2 heterocycles. The molecule has 0 spiro atoms. The Balaban J connectivity index is 1.74. The number of ether oxygens (including phenoxy) is 2. The number of para-hydroxylation sites is 1. The van der Waals surface area contributed by atoms with Crippen molar-refractivity contribution in [1.29, 1.82) is 0 Å². The predicted molar refractivity (Wildman–Crippen MR) is 83.6 cm³/mol. The molecule has 1 aromatic carbocycles. The van der Waals surface area contributed by atoms with Crippen molar-refractivity contribution >= 4 is 0 Å². The number of hydrogen-bond donors (Lipinski definition) is 2. The van der Waals surface area contributed by atoms with E-state index in [1.807, 2.05) is 0 Å². The molecule has 0 aliphatic carbocycles. The molecule has 2 unspecified atom stereocenters. The number of hydrogen-bond acceptors (Lipinski definition) is 4. The molecular formula is C17H26N2O2. The summed E-state index contributed by atoms with van der Waals surface area (Å²) in [5, 5.41) is 3.55. The average molecular weight is 290 g/mol. The van der Waals surface area contributed by atoms with Gasteiger partial charge in [0.15, 0.2) is 0 Å². The third-order valence-corrected chi connectivity index (χ3v) is 4.35. The van der Waals surface area contributed by atoms with Crippen LogP contribution in [0.1, 0.15) is 43.9 Å². The van der Waals surface area contributed by atoms with Crippen LogP contribution in [-0.2, 0) is 11.2 Å². The van der Waals surface area contributed by atoms with Gasteiger partial charge in [-0.05, 0) is 32.3 Å². The predicted octanol–water partition coefficient (Wildman–Crippen LogP) is 2.17. The van der Waals surface area contributed by atoms with E-state index in [1.165, 1.54) is 11.1 Å². The van der Waals surface area contributed by atoms with E-state index in [4.69, 9.17) is 15.2 Å². The van der Waals surface area contributed by atoms with Crippen molar-refractivity contribution in [2.24, 2.45) is 5.73 Å². The zero-order valence-corrected chi connectivity index (χ0v) is 13.0. The summed E-state index contributed by atoms with van der Waals surface area (Å²) in [5.41, 5.74) is 8.34. The normalized spacial score (nSPS) is 24.6. The maximum atomic E-state index is 6.15. The minimum absolute atomic E-state index is 0.119. The standard InChI is InChI=1S/C17H26N2O2/c1-17(2)9-12-5-3-7-14(16(12)21-17)15(10-18)19-11-13-6-4-8-20-13/h3,5,7,13,15,19H,4,6,8-11,18H2,1-2H3. The Bertz CT molecular complexity index is 496. The SMILES string of the molecule is CC1(C)Cc2cccc(C(CN)NCC3CCCO3)c2O1. The van der Waals surface area contributed by atoms with E-state index >= 15 is 0 Å². The first kappa shape index (κ1) is 14.8. The molecule has 1 aromatic rings. The fourth-order valence-corrected chi connectivity index (χ4v) is 3.31. The molecule has 0 saturated carbocycles. The average Bonchev–Trinajstić information content (AvgIpc) is 3.05. The van der Waals surface area contributed by atoms with Gasteiger partial charge in [-0.1, -0.05) is 18.2 Å². The molecule has 4 heteroatoms. The highest BCUT2D eigenvalue weighted by atomic mass is 16.5. The molecule has 2 atom stereocenters. The molecular weight excluding hydrogens is 264 g/mol. The van der Waals surface area contributed by atoms with Crippen molar-refractivity contribution in [3.8, 4) is 5.75 Å². The molecule has 2 aliphatic rings. The first-order chi connectivity index (χ1) is 10.1. The highest BCUT2D eigenvalue weighted by Gasteiger charge is 2.33. The molecule has 1 saturated heterocycles. The molecule has 0 radical (unpaired) electrons. The summed E-state index contributed by atoms with van der Waals surface area (Å²) in [5.74, 6) is 1.03. The maximum Gasteiger partial charge on any atom is 0.128 e. The van der Waals surface area contributed by atoms with Crippen molar-refractivity contribution in [1.82, 2.24) is 5.32 Å². The lowest BCUT2D eigenvalue weighted by molar-refractivity contribution is 0.107. The topological polar surface area (TPSA) is 56.5 Å². The van der Waals surface area contributed by atoms with E-state index in [-0.39, 0.29) is 11.6 Å². The van der Waals surface area contributed by atoms with Crippen LogP contribution in [0.5, 0.6) is 5.75 Å². The van der Waals surface area contributed by atoms with Gasteiger partial charge < -0.3 is 20.5 Å². The number of benzene rings is 1. The summed E-state index contributed by atoms with van der Waals surface area (Å²) in [6, 6.07) is 6.51. The first-order valence-electron chi connectivity index (χ1n) is 7.95. The maximum absolute atomic E-state index is 6.15. The van der Waals surface area contributed by atoms with Crippen LogP contribution >= 0.6 is 0 Å². The number of nitrogens with two attached hydrogens (primary N) is 1. The second-order valence-corrected chi connectivity index (χ2v) is 6.71. The lowest BCUT2D eigenvalue weighted by Gasteiger charge is -2.23. The Kier molecular flexibility index (Phi) is 4.20. The van der Waals surface area contributed by atoms with Crippen LogP contribution in [0.2, 0.25) is 0 Å². The van der Waals surface area contributed by atoms with Crippen LogP contribution in [0.15, 0.2) is 18.2 Å². The van der Waals surface area contributed by atoms with Crippen LogP contribution < -0.4 is 15.8 Å². The highest BCUT2D eigenvalue weighted by molar-refractivity contribution is 5.47. The van der Waals surface area contributed by atoms with Crippen LogP contribution in [0, 0.1) is 0 Å². The Morgan fingerprint density at radius 1 is 1.43 bits per heavy atom. The molecule has 2 aliphatic heterocycles. The Hall–Kier alpha value is -1.10. The highest BCUT2D eigenvalue weighted by Crippen LogP contribution is 2.39. The third-order valence-electron chi connectivity index (χ3n) is 4.35. The van der Waals surface area contributed by atoms with Crippen LogP contribution in [-0.4, -0.2) is 31.4 Å². The van der Waals surface area contributed by atoms with Gasteiger partial charge in [0.05, 0.1) is 6.10 Å². The molecule has 4 nitrogen and oxygen atoms in total. The monoisotopic (exact) mass is 290 g/mol. The van der Waals surface area contributed by atoms with Crippen molar-refractivity contribution in [3.63, 3.8) is 0 Å². The van der Waals surface area contributed by atoms with Crippen molar-refractivity contribution in [2.75, 3.05) is 19.7 Å². The van der Waals surface area contributed by atoms with Crippen LogP contribution in [0.25, 0.3) is 0 Å². The molecule has 0 bridgehead atoms. The van der Waals surface area contributed by atoms with E-state index in [0.717, 1.165) is 38.2 Å². The zero-order chi connectivity index (χ0) is 14.9. The molecule has 3 N–H and O–H groups in total. The summed E-state index contributed by atoms with van der Waals surface area (Å²) in [4.78, 5) is 0. The van der Waals surface area contributed by atoms with Crippen molar-refractivity contribution < 1.29 is 9.47 Å². The van der Waals surface area contributed by atoms with E-state index in [2.05, 4.69) is 37.4 Å². The Morgan fingerprint density at radius 2 is 2.29 bits per heavy atom. The zero-order valence-electron chi connectivity index (χ0n) is 13.0. The fourth-order valence-electron chi connectivity index (χ4n) is 3.31. The Morgan fingerprint density at radius 3 is 3.00 bits per heavy atom. The molecule has 1 fully saturated rings. The number of nitrogens with one attached hydrogen (secondary N) is 1. The molecule has 116 valence electrons. The van der Waals surface area contributed by atoms with Gasteiger partial charge in [0.25, 0.3) is 0 Å². The summed E-state index contributed by atoms with van der Waals surface area (Å²) >= 11 is 0. The summed E-state index contributed by atoms with van der Waals surface area (Å²) in [7, 11) is 0. The third kappa shape index (κ3) is 3.23. The second kappa shape index (κ2) is 5.95. The lowest BCUT2D eigenvalue weighted by Crippen LogP contribution is -2.34. The van der Waals surface area contributed by atoms with Gasteiger partial charge in [-0.2, -0.15) is 0 Å². The van der Waals surface area contributed by atoms with Gasteiger partial charge in [-0.15, -0.1) is 0 Å². The second-order valence-electron chi connectivity index (χ2n) is 6.71. The largest absolute Gasteiger partial charge is 0.487 e. The van der Waals surface area contributed by atoms with Crippen LogP contribution in [0.3, 0.4) is 0 Å². The van der Waals surface area contributed by atoms with Gasteiger partial charge in [-0.25, -0.2) is 0 Å². The fraction of sp³-hybridized carbons (Fsp3) is 0.647. The van der Waals surface area contributed by atoms with E-state index < -0.39 is 0 Å². The van der Waals surface area contributed by atoms with Crippen LogP contribution in [0.4, 0.5) is 0 Å². The minimum Gasteiger partial charge on any atom is -0.487 e. The van der Waals surface area contributed by atoms with E-state index in [1.54, 1.807) is 0 Å². The summed E-state index contributed by atoms with van der Waals surface area (Å²) < 4.78 is 11.8. The molecule has 3 rings (SSSR count). The van der Waals surface area contributed by atoms with E-state index in [9.17, 15) is 0 Å². The summed E-state index contributed by atoms with van der Waals surface area (Å²) in [6.07, 6.45) is 3.59. The Labute approximate surface area is 127 Å². The van der Waals surface area contributed by atoms with E-state index in [0.29, 0.717) is 12.6 Å². The molecule has 0 amide bonds. The lowest BCUT2D eigenvalue weighted by atomic mass is 9.98. The van der Waals surface area contributed by atoms with Gasteiger partial charge in [0, 0.05) is 37.7 Å².